The fourth-order valence-corrected chi connectivity index (χ4v) is 1.56. The number of carbonyl (C=O) groups is 2. The van der Waals surface area contributed by atoms with Gasteiger partial charge in [0.15, 0.2) is 0 Å². The maximum Gasteiger partial charge on any atom is 0.374 e. The number of hydrogen-bond acceptors (Lipinski definition) is 6. The van der Waals surface area contributed by atoms with Crippen LogP contribution in [0.4, 0.5) is 5.69 Å². The molecule has 1 aromatic carbocycles. The van der Waals surface area contributed by atoms with Gasteiger partial charge in [-0.2, -0.15) is 0 Å². The van der Waals surface area contributed by atoms with Crippen LogP contribution in [0.25, 0.3) is 6.08 Å². The molecule has 0 aliphatic carbocycles. The van der Waals surface area contributed by atoms with Crippen molar-refractivity contribution in [3.63, 3.8) is 0 Å². The van der Waals surface area contributed by atoms with Crippen LogP contribution in [0.1, 0.15) is 25.0 Å². The van der Waals surface area contributed by atoms with E-state index in [0.29, 0.717) is 5.56 Å². The predicted octanol–water partition coefficient (Wildman–Crippen LogP) is 2.37. The van der Waals surface area contributed by atoms with E-state index in [0.717, 1.165) is 13.0 Å². The maximum atomic E-state index is 11.7. The molecule has 0 atom stereocenters. The first-order valence-electron chi connectivity index (χ1n) is 6.17. The Bertz CT molecular complexity index is 605. The van der Waals surface area contributed by atoms with Gasteiger partial charge in [-0.3, -0.25) is 14.9 Å². The van der Waals surface area contributed by atoms with Gasteiger partial charge in [0.1, 0.15) is 0 Å². The standard InChI is InChI=1S/C14H15NO6/c1-4-20-14(17)13(21-10(3)16)8-11-6-5-9(2)7-12(11)15(18)19/h5-8H,4H2,1-3H3. The van der Waals surface area contributed by atoms with Gasteiger partial charge in [0.25, 0.3) is 5.69 Å². The Kier molecular flexibility index (Phi) is 5.59. The van der Waals surface area contributed by atoms with Crippen molar-refractivity contribution in [2.24, 2.45) is 0 Å². The number of benzene rings is 1. The lowest BCUT2D eigenvalue weighted by Gasteiger charge is -2.07. The molecule has 0 radical (unpaired) electrons. The SMILES string of the molecule is CCOC(=O)C(=Cc1ccc(C)cc1[N+](=O)[O-])OC(C)=O. The number of hydrogen-bond donors (Lipinski definition) is 0. The quantitative estimate of drug-likeness (QED) is 0.272. The minimum absolute atomic E-state index is 0.0907. The molecule has 7 nitrogen and oxygen atoms in total. The van der Waals surface area contributed by atoms with E-state index >= 15 is 0 Å². The van der Waals surface area contributed by atoms with E-state index in [9.17, 15) is 19.7 Å². The minimum atomic E-state index is -0.859. The number of ether oxygens (including phenoxy) is 2. The summed E-state index contributed by atoms with van der Waals surface area (Å²) in [4.78, 5) is 33.2. The summed E-state index contributed by atoms with van der Waals surface area (Å²) in [6.07, 6.45) is 1.12. The van der Waals surface area contributed by atoms with Crippen LogP contribution in [0.3, 0.4) is 0 Å². The van der Waals surface area contributed by atoms with Gasteiger partial charge in [0.2, 0.25) is 5.76 Å². The predicted molar refractivity (Wildman–Crippen MR) is 74.2 cm³/mol. The van der Waals surface area contributed by atoms with E-state index in [1.807, 2.05) is 0 Å². The number of rotatable bonds is 5. The average molecular weight is 293 g/mol. The zero-order valence-electron chi connectivity index (χ0n) is 11.9. The Balaban J connectivity index is 3.29. The molecule has 0 saturated heterocycles. The Morgan fingerprint density at radius 2 is 2.05 bits per heavy atom. The molecule has 0 unspecified atom stereocenters. The normalized spacial score (nSPS) is 10.9. The third-order valence-corrected chi connectivity index (χ3v) is 2.40. The molecule has 0 saturated carbocycles. The second kappa shape index (κ2) is 7.18. The van der Waals surface area contributed by atoms with Crippen LogP contribution < -0.4 is 0 Å². The molecule has 0 fully saturated rings. The zero-order valence-corrected chi connectivity index (χ0v) is 11.9. The molecule has 112 valence electrons. The van der Waals surface area contributed by atoms with Crippen LogP contribution >= 0.6 is 0 Å². The highest BCUT2D eigenvalue weighted by atomic mass is 16.6. The van der Waals surface area contributed by atoms with Crippen molar-refractivity contribution >= 4 is 23.7 Å². The van der Waals surface area contributed by atoms with Crippen molar-refractivity contribution in [2.45, 2.75) is 20.8 Å². The Hall–Kier alpha value is -2.70. The molecule has 1 rings (SSSR count). The van der Waals surface area contributed by atoms with Crippen molar-refractivity contribution in [1.82, 2.24) is 0 Å². The summed E-state index contributed by atoms with van der Waals surface area (Å²) in [5.41, 5.74) is 0.655. The summed E-state index contributed by atoms with van der Waals surface area (Å²) in [5, 5.41) is 11.0. The molecule has 21 heavy (non-hydrogen) atoms. The van der Waals surface area contributed by atoms with Crippen LogP contribution in [0, 0.1) is 17.0 Å². The largest absolute Gasteiger partial charge is 0.460 e. The van der Waals surface area contributed by atoms with Crippen LogP contribution in [-0.2, 0) is 19.1 Å². The lowest BCUT2D eigenvalue weighted by Crippen LogP contribution is -2.13. The Morgan fingerprint density at radius 1 is 1.38 bits per heavy atom. The third kappa shape index (κ3) is 4.72. The number of esters is 2. The molecule has 7 heteroatoms. The van der Waals surface area contributed by atoms with Crippen LogP contribution in [0.15, 0.2) is 24.0 Å². The number of nitro benzene ring substituents is 1. The lowest BCUT2D eigenvalue weighted by atomic mass is 10.1. The number of nitro groups is 1. The number of nitrogens with zero attached hydrogens (tertiary/aromatic N) is 1. The monoisotopic (exact) mass is 293 g/mol. The fraction of sp³-hybridized carbons (Fsp3) is 0.286. The van der Waals surface area contributed by atoms with Gasteiger partial charge >= 0.3 is 11.9 Å². The van der Waals surface area contributed by atoms with Crippen molar-refractivity contribution in [3.05, 3.63) is 45.2 Å². The van der Waals surface area contributed by atoms with Crippen molar-refractivity contribution in [1.29, 1.82) is 0 Å². The molecular formula is C14H15NO6. The van der Waals surface area contributed by atoms with E-state index in [1.165, 1.54) is 12.1 Å². The van der Waals surface area contributed by atoms with E-state index in [2.05, 4.69) is 0 Å². The lowest BCUT2D eigenvalue weighted by molar-refractivity contribution is -0.385. The minimum Gasteiger partial charge on any atom is -0.460 e. The fourth-order valence-electron chi connectivity index (χ4n) is 1.56. The summed E-state index contributed by atoms with van der Waals surface area (Å²) < 4.78 is 9.51. The molecule has 0 aliphatic rings. The van der Waals surface area contributed by atoms with E-state index in [1.54, 1.807) is 19.9 Å². The summed E-state index contributed by atoms with van der Waals surface area (Å²) in [6, 6.07) is 4.48. The molecule has 0 N–H and O–H groups in total. The van der Waals surface area contributed by atoms with Gasteiger partial charge in [-0.05, 0) is 25.5 Å². The van der Waals surface area contributed by atoms with Crippen molar-refractivity contribution in [3.8, 4) is 0 Å². The second-order valence-electron chi connectivity index (χ2n) is 4.14. The van der Waals surface area contributed by atoms with E-state index in [-0.39, 0.29) is 17.9 Å². The van der Waals surface area contributed by atoms with Gasteiger partial charge in [-0.25, -0.2) is 4.79 Å². The summed E-state index contributed by atoms with van der Waals surface area (Å²) in [5.74, 6) is -1.97. The molecule has 1 aromatic rings. The second-order valence-corrected chi connectivity index (χ2v) is 4.14. The number of carbonyl (C=O) groups excluding carboxylic acids is 2. The van der Waals surface area contributed by atoms with E-state index < -0.39 is 22.6 Å². The van der Waals surface area contributed by atoms with Crippen LogP contribution in [0.5, 0.6) is 0 Å². The molecular weight excluding hydrogens is 278 g/mol. The van der Waals surface area contributed by atoms with Crippen LogP contribution in [0.2, 0.25) is 0 Å². The molecule has 0 amide bonds. The van der Waals surface area contributed by atoms with Gasteiger partial charge in [0.05, 0.1) is 17.1 Å². The highest BCUT2D eigenvalue weighted by Gasteiger charge is 2.19. The average Bonchev–Trinajstić information content (AvgIpc) is 2.39. The Morgan fingerprint density at radius 3 is 2.57 bits per heavy atom. The first-order valence-corrected chi connectivity index (χ1v) is 6.17. The molecule has 0 spiro atoms. The highest BCUT2D eigenvalue weighted by molar-refractivity contribution is 5.94. The van der Waals surface area contributed by atoms with Gasteiger partial charge in [-0.1, -0.05) is 6.07 Å². The van der Waals surface area contributed by atoms with Crippen molar-refractivity contribution < 1.29 is 24.0 Å². The third-order valence-electron chi connectivity index (χ3n) is 2.40. The van der Waals surface area contributed by atoms with Crippen molar-refractivity contribution in [2.75, 3.05) is 6.61 Å². The molecule has 0 heterocycles. The van der Waals surface area contributed by atoms with Gasteiger partial charge < -0.3 is 9.47 Å². The summed E-state index contributed by atoms with van der Waals surface area (Å²) in [6.45, 7) is 4.51. The Labute approximate surface area is 121 Å². The topological polar surface area (TPSA) is 95.7 Å². The molecule has 0 bridgehead atoms. The smallest absolute Gasteiger partial charge is 0.374 e. The van der Waals surface area contributed by atoms with Gasteiger partial charge in [-0.15, -0.1) is 0 Å². The highest BCUT2D eigenvalue weighted by Crippen LogP contribution is 2.23. The molecule has 0 aromatic heterocycles. The first-order chi connectivity index (χ1) is 9.85. The number of aryl methyl sites for hydroxylation is 1. The maximum absolute atomic E-state index is 11.7. The summed E-state index contributed by atoms with van der Waals surface area (Å²) >= 11 is 0. The zero-order chi connectivity index (χ0) is 16.0. The van der Waals surface area contributed by atoms with Crippen LogP contribution in [-0.4, -0.2) is 23.5 Å². The summed E-state index contributed by atoms with van der Waals surface area (Å²) in [7, 11) is 0. The van der Waals surface area contributed by atoms with E-state index in [4.69, 9.17) is 9.47 Å². The van der Waals surface area contributed by atoms with Gasteiger partial charge in [0, 0.05) is 19.1 Å². The molecule has 0 aliphatic heterocycles. The first kappa shape index (κ1) is 16.4.